The van der Waals surface area contributed by atoms with Crippen molar-refractivity contribution in [2.75, 3.05) is 0 Å². The van der Waals surface area contributed by atoms with Gasteiger partial charge >= 0.3 is 0 Å². The maximum atomic E-state index is 11.3. The predicted molar refractivity (Wildman–Crippen MR) is 158 cm³/mol. The van der Waals surface area contributed by atoms with Gasteiger partial charge in [-0.05, 0) is 60.0 Å². The summed E-state index contributed by atoms with van der Waals surface area (Å²) in [6.45, 7) is 25.5. The van der Waals surface area contributed by atoms with Crippen molar-refractivity contribution in [3.8, 4) is 5.75 Å². The van der Waals surface area contributed by atoms with Crippen LogP contribution >= 0.6 is 11.8 Å². The average molecular weight is 503 g/mol. The Labute approximate surface area is 223 Å². The van der Waals surface area contributed by atoms with Crippen LogP contribution in [0.15, 0.2) is 11.0 Å². The van der Waals surface area contributed by atoms with E-state index in [1.54, 1.807) is 0 Å². The first kappa shape index (κ1) is 30.6. The first-order valence-corrected chi connectivity index (χ1v) is 15.4. The van der Waals surface area contributed by atoms with Gasteiger partial charge in [-0.25, -0.2) is 0 Å². The van der Waals surface area contributed by atoms with Gasteiger partial charge in [-0.15, -0.1) is 11.8 Å². The van der Waals surface area contributed by atoms with Crippen LogP contribution in [0.25, 0.3) is 0 Å². The summed E-state index contributed by atoms with van der Waals surface area (Å²) < 4.78 is 0.246. The first-order chi connectivity index (χ1) is 16.0. The largest absolute Gasteiger partial charge is 0.507 e. The van der Waals surface area contributed by atoms with Crippen molar-refractivity contribution in [2.45, 2.75) is 161 Å². The lowest BCUT2D eigenvalue weighted by molar-refractivity contribution is 0.382. The van der Waals surface area contributed by atoms with Gasteiger partial charge in [-0.3, -0.25) is 0 Å². The molecular weight excluding hydrogens is 444 g/mol. The fourth-order valence-electron chi connectivity index (χ4n) is 5.95. The van der Waals surface area contributed by atoms with Crippen LogP contribution in [0.5, 0.6) is 5.75 Å². The third kappa shape index (κ3) is 9.01. The molecule has 0 bridgehead atoms. The van der Waals surface area contributed by atoms with E-state index in [9.17, 15) is 5.11 Å². The Kier molecular flexibility index (Phi) is 10.7. The van der Waals surface area contributed by atoms with Gasteiger partial charge in [-0.1, -0.05) is 121 Å². The van der Waals surface area contributed by atoms with Crippen LogP contribution < -0.4 is 0 Å². The van der Waals surface area contributed by atoms with Gasteiger partial charge in [0.15, 0.2) is 0 Å². The van der Waals surface area contributed by atoms with E-state index < -0.39 is 0 Å². The van der Waals surface area contributed by atoms with Crippen LogP contribution in [-0.2, 0) is 17.3 Å². The molecule has 35 heavy (non-hydrogen) atoms. The zero-order valence-electron chi connectivity index (χ0n) is 25.2. The summed E-state index contributed by atoms with van der Waals surface area (Å²) in [5, 5.41) is 11.3. The van der Waals surface area contributed by atoms with E-state index in [1.807, 2.05) is 0 Å². The molecule has 0 radical (unpaired) electrons. The van der Waals surface area contributed by atoms with Crippen LogP contribution in [-0.4, -0.2) is 9.85 Å². The molecule has 1 heterocycles. The van der Waals surface area contributed by atoms with Crippen molar-refractivity contribution in [3.05, 3.63) is 22.8 Å². The molecular formula is C33H58OS. The SMILES string of the molecule is CC(C)CCCC(C)CCCC(C)CCCC1(C)Cc2c(cc(C(C)(C)C)c(O)c2C(C)(C)C)S1. The molecule has 1 aliphatic rings. The minimum atomic E-state index is -0.0555. The minimum Gasteiger partial charge on any atom is -0.507 e. The monoisotopic (exact) mass is 502 g/mol. The highest BCUT2D eigenvalue weighted by atomic mass is 32.2. The second kappa shape index (κ2) is 12.3. The van der Waals surface area contributed by atoms with Crippen molar-refractivity contribution in [1.29, 1.82) is 0 Å². The summed E-state index contributed by atoms with van der Waals surface area (Å²) in [4.78, 5) is 1.42. The van der Waals surface area contributed by atoms with Crippen LogP contribution in [0.2, 0.25) is 0 Å². The van der Waals surface area contributed by atoms with Crippen LogP contribution in [0.3, 0.4) is 0 Å². The summed E-state index contributed by atoms with van der Waals surface area (Å²) in [5.74, 6) is 3.11. The standard InChI is InChI=1S/C33H58OS/c1-23(2)15-12-16-24(3)17-13-18-25(4)19-14-20-33(11)22-26-28(35-33)21-27(31(5,6)7)30(34)29(26)32(8,9)10/h21,23-25,34H,12-20,22H2,1-11H3. The van der Waals surface area contributed by atoms with Gasteiger partial charge in [0.2, 0.25) is 0 Å². The third-order valence-corrected chi connectivity index (χ3v) is 9.53. The van der Waals surface area contributed by atoms with Crippen LogP contribution in [0.4, 0.5) is 0 Å². The maximum absolute atomic E-state index is 11.3. The molecule has 202 valence electrons. The number of fused-ring (bicyclic) bond motifs is 1. The van der Waals surface area contributed by atoms with Gasteiger partial charge in [0.05, 0.1) is 0 Å². The van der Waals surface area contributed by atoms with Gasteiger partial charge in [0.25, 0.3) is 0 Å². The number of benzene rings is 1. The molecule has 0 aliphatic carbocycles. The Morgan fingerprint density at radius 1 is 0.829 bits per heavy atom. The Bertz CT molecular complexity index is 810. The fourth-order valence-corrected chi connectivity index (χ4v) is 7.42. The van der Waals surface area contributed by atoms with E-state index in [-0.39, 0.29) is 15.6 Å². The van der Waals surface area contributed by atoms with E-state index in [4.69, 9.17) is 0 Å². The number of hydrogen-bond acceptors (Lipinski definition) is 2. The smallest absolute Gasteiger partial charge is 0.123 e. The van der Waals surface area contributed by atoms with Crippen molar-refractivity contribution >= 4 is 11.8 Å². The number of aromatic hydroxyl groups is 1. The van der Waals surface area contributed by atoms with E-state index in [1.165, 1.54) is 73.8 Å². The second-order valence-corrected chi connectivity index (χ2v) is 16.3. The van der Waals surface area contributed by atoms with Crippen molar-refractivity contribution < 1.29 is 5.11 Å². The van der Waals surface area contributed by atoms with Crippen LogP contribution in [0.1, 0.15) is 151 Å². The zero-order chi connectivity index (χ0) is 26.6. The lowest BCUT2D eigenvalue weighted by atomic mass is 9.76. The molecule has 1 aliphatic heterocycles. The number of hydrogen-bond donors (Lipinski definition) is 1. The molecule has 3 atom stereocenters. The Morgan fingerprint density at radius 2 is 1.34 bits per heavy atom. The Morgan fingerprint density at radius 3 is 1.83 bits per heavy atom. The predicted octanol–water partition coefficient (Wildman–Crippen LogP) is 10.8. The molecule has 1 N–H and O–H groups in total. The van der Waals surface area contributed by atoms with Crippen molar-refractivity contribution in [3.63, 3.8) is 0 Å². The minimum absolute atomic E-state index is 0.0539. The summed E-state index contributed by atoms with van der Waals surface area (Å²) in [7, 11) is 0. The average Bonchev–Trinajstić information content (AvgIpc) is 3.00. The van der Waals surface area contributed by atoms with Gasteiger partial charge in [0, 0.05) is 20.8 Å². The second-order valence-electron chi connectivity index (χ2n) is 14.7. The fraction of sp³-hybridized carbons (Fsp3) is 0.818. The van der Waals surface area contributed by atoms with E-state index in [0.29, 0.717) is 5.75 Å². The summed E-state index contributed by atoms with van der Waals surface area (Å²) in [5.41, 5.74) is 3.59. The zero-order valence-corrected chi connectivity index (χ0v) is 26.1. The number of phenols is 1. The lowest BCUT2D eigenvalue weighted by Gasteiger charge is -2.29. The molecule has 0 spiro atoms. The van der Waals surface area contributed by atoms with Crippen molar-refractivity contribution in [1.82, 2.24) is 0 Å². The Balaban J connectivity index is 1.91. The molecule has 0 amide bonds. The van der Waals surface area contributed by atoms with Gasteiger partial charge < -0.3 is 5.11 Å². The Hall–Kier alpha value is -0.630. The van der Waals surface area contributed by atoms with E-state index in [2.05, 4.69) is 94.0 Å². The molecule has 1 nitrogen and oxygen atoms in total. The first-order valence-electron chi connectivity index (χ1n) is 14.6. The lowest BCUT2D eigenvalue weighted by Crippen LogP contribution is -2.22. The van der Waals surface area contributed by atoms with Gasteiger partial charge in [0.1, 0.15) is 5.75 Å². The highest BCUT2D eigenvalue weighted by Crippen LogP contribution is 2.54. The van der Waals surface area contributed by atoms with Crippen molar-refractivity contribution in [2.24, 2.45) is 17.8 Å². The highest BCUT2D eigenvalue weighted by molar-refractivity contribution is 8.01. The number of phenolic OH excluding ortho intramolecular Hbond substituents is 1. The molecule has 0 aromatic heterocycles. The number of thioether (sulfide) groups is 1. The highest BCUT2D eigenvalue weighted by Gasteiger charge is 2.40. The molecule has 1 aromatic rings. The molecule has 1 aromatic carbocycles. The topological polar surface area (TPSA) is 20.2 Å². The van der Waals surface area contributed by atoms with E-state index in [0.717, 1.165) is 29.7 Å². The normalized spacial score (nSPS) is 20.3. The molecule has 0 saturated heterocycles. The molecule has 2 heteroatoms. The quantitative estimate of drug-likeness (QED) is 0.306. The summed E-state index contributed by atoms with van der Waals surface area (Å²) in [6.07, 6.45) is 13.4. The number of rotatable bonds is 12. The summed E-state index contributed by atoms with van der Waals surface area (Å²) in [6, 6.07) is 2.31. The van der Waals surface area contributed by atoms with E-state index >= 15 is 0 Å². The maximum Gasteiger partial charge on any atom is 0.123 e. The molecule has 0 fully saturated rings. The summed E-state index contributed by atoms with van der Waals surface area (Å²) >= 11 is 2.08. The molecule has 3 unspecified atom stereocenters. The molecule has 2 rings (SSSR count). The molecule has 0 saturated carbocycles. The van der Waals surface area contributed by atoms with Gasteiger partial charge in [-0.2, -0.15) is 0 Å². The third-order valence-electron chi connectivity index (χ3n) is 8.11. The van der Waals surface area contributed by atoms with Crippen LogP contribution in [0, 0.1) is 17.8 Å².